The topological polar surface area (TPSA) is 28.2 Å². The number of anilines is 1. The average molecular weight is 189 g/mol. The van der Waals surface area contributed by atoms with Gasteiger partial charge in [0.1, 0.15) is 5.82 Å². The summed E-state index contributed by atoms with van der Waals surface area (Å²) in [7, 11) is 0. The van der Waals surface area contributed by atoms with Gasteiger partial charge in [0.25, 0.3) is 0 Å². The van der Waals surface area contributed by atoms with Crippen LogP contribution >= 0.6 is 0 Å². The Balaban J connectivity index is 2.11. The van der Waals surface area contributed by atoms with E-state index in [-0.39, 0.29) is 0 Å². The van der Waals surface area contributed by atoms with Crippen molar-refractivity contribution in [1.29, 1.82) is 0 Å². The summed E-state index contributed by atoms with van der Waals surface area (Å²) in [5, 5.41) is 3.32. The minimum absolute atomic E-state index is 1.04. The molecule has 0 atom stereocenters. The molecule has 0 aromatic carbocycles. The van der Waals surface area contributed by atoms with Crippen LogP contribution in [-0.4, -0.2) is 31.2 Å². The first kappa shape index (κ1) is 9.21. The molecule has 1 aliphatic rings. The van der Waals surface area contributed by atoms with Crippen LogP contribution in [0.15, 0.2) is 24.9 Å². The molecule has 3 nitrogen and oxygen atoms in total. The van der Waals surface area contributed by atoms with E-state index >= 15 is 0 Å². The zero-order valence-electron chi connectivity index (χ0n) is 8.24. The molecular formula is C11H15N3. The first-order valence-corrected chi connectivity index (χ1v) is 4.94. The van der Waals surface area contributed by atoms with Gasteiger partial charge in [-0.15, -0.1) is 0 Å². The first-order chi connectivity index (χ1) is 6.90. The van der Waals surface area contributed by atoms with Gasteiger partial charge in [0.05, 0.1) is 0 Å². The Morgan fingerprint density at radius 3 is 2.71 bits per heavy atom. The predicted molar refractivity (Wildman–Crippen MR) is 59.4 cm³/mol. The van der Waals surface area contributed by atoms with Gasteiger partial charge in [0, 0.05) is 32.4 Å². The Hall–Kier alpha value is -1.35. The van der Waals surface area contributed by atoms with Gasteiger partial charge < -0.3 is 10.2 Å². The van der Waals surface area contributed by atoms with Crippen molar-refractivity contribution in [2.75, 3.05) is 31.1 Å². The molecule has 0 bridgehead atoms. The fourth-order valence-electron chi connectivity index (χ4n) is 1.60. The highest BCUT2D eigenvalue weighted by atomic mass is 15.2. The van der Waals surface area contributed by atoms with Crippen molar-refractivity contribution >= 4 is 11.9 Å². The summed E-state index contributed by atoms with van der Waals surface area (Å²) in [6.07, 6.45) is 3.68. The summed E-state index contributed by atoms with van der Waals surface area (Å²) in [4.78, 5) is 6.70. The number of nitrogens with one attached hydrogen (secondary N) is 1. The summed E-state index contributed by atoms with van der Waals surface area (Å²) in [5.41, 5.74) is 1.07. The minimum atomic E-state index is 1.04. The molecule has 74 valence electrons. The molecule has 0 spiro atoms. The van der Waals surface area contributed by atoms with Gasteiger partial charge in [0.15, 0.2) is 0 Å². The van der Waals surface area contributed by atoms with Gasteiger partial charge in [0.2, 0.25) is 0 Å². The molecule has 1 N–H and O–H groups in total. The minimum Gasteiger partial charge on any atom is -0.354 e. The Morgan fingerprint density at radius 2 is 2.14 bits per heavy atom. The Bertz CT molecular complexity index is 299. The Labute approximate surface area is 84.5 Å². The zero-order chi connectivity index (χ0) is 9.80. The van der Waals surface area contributed by atoms with Crippen LogP contribution in [-0.2, 0) is 0 Å². The van der Waals surface area contributed by atoms with E-state index in [0.717, 1.165) is 37.6 Å². The fraction of sp³-hybridized carbons (Fsp3) is 0.364. The molecule has 0 aliphatic carbocycles. The normalized spacial score (nSPS) is 16.7. The van der Waals surface area contributed by atoms with Gasteiger partial charge in [-0.25, -0.2) is 4.98 Å². The van der Waals surface area contributed by atoms with Crippen LogP contribution in [0.25, 0.3) is 6.08 Å². The van der Waals surface area contributed by atoms with Gasteiger partial charge in [-0.3, -0.25) is 0 Å². The summed E-state index contributed by atoms with van der Waals surface area (Å²) in [5.74, 6) is 1.07. The molecule has 3 heteroatoms. The van der Waals surface area contributed by atoms with Crippen molar-refractivity contribution in [2.24, 2.45) is 0 Å². The highest BCUT2D eigenvalue weighted by molar-refractivity contribution is 5.49. The van der Waals surface area contributed by atoms with Crippen molar-refractivity contribution in [2.45, 2.75) is 0 Å². The highest BCUT2D eigenvalue weighted by Crippen LogP contribution is 2.12. The first-order valence-electron chi connectivity index (χ1n) is 4.94. The van der Waals surface area contributed by atoms with Crippen molar-refractivity contribution in [3.05, 3.63) is 30.5 Å². The van der Waals surface area contributed by atoms with Crippen LogP contribution < -0.4 is 10.2 Å². The molecular weight excluding hydrogens is 174 g/mol. The smallest absolute Gasteiger partial charge is 0.128 e. The lowest BCUT2D eigenvalue weighted by Gasteiger charge is -2.28. The third kappa shape index (κ3) is 1.93. The van der Waals surface area contributed by atoms with Gasteiger partial charge in [-0.2, -0.15) is 0 Å². The van der Waals surface area contributed by atoms with Crippen molar-refractivity contribution in [1.82, 2.24) is 10.3 Å². The van der Waals surface area contributed by atoms with E-state index in [1.54, 1.807) is 0 Å². The lowest BCUT2D eigenvalue weighted by Crippen LogP contribution is -2.43. The van der Waals surface area contributed by atoms with E-state index < -0.39 is 0 Å². The highest BCUT2D eigenvalue weighted by Gasteiger charge is 2.10. The van der Waals surface area contributed by atoms with Gasteiger partial charge in [-0.05, 0) is 17.7 Å². The summed E-state index contributed by atoms with van der Waals surface area (Å²) >= 11 is 0. The predicted octanol–water partition coefficient (Wildman–Crippen LogP) is 1.13. The summed E-state index contributed by atoms with van der Waals surface area (Å²) in [6.45, 7) is 7.89. The SMILES string of the molecule is C=Cc1ccc(N2CCNCC2)nc1. The summed E-state index contributed by atoms with van der Waals surface area (Å²) in [6, 6.07) is 4.11. The van der Waals surface area contributed by atoms with Crippen LogP contribution in [0.3, 0.4) is 0 Å². The number of piperazine rings is 1. The van der Waals surface area contributed by atoms with Gasteiger partial charge >= 0.3 is 0 Å². The summed E-state index contributed by atoms with van der Waals surface area (Å²) < 4.78 is 0. The van der Waals surface area contributed by atoms with Crippen LogP contribution in [0.2, 0.25) is 0 Å². The van der Waals surface area contributed by atoms with E-state index in [0.29, 0.717) is 0 Å². The maximum Gasteiger partial charge on any atom is 0.128 e. The number of aromatic nitrogens is 1. The number of hydrogen-bond donors (Lipinski definition) is 1. The maximum atomic E-state index is 4.40. The third-order valence-corrected chi connectivity index (χ3v) is 2.45. The number of rotatable bonds is 2. The van der Waals surface area contributed by atoms with Crippen molar-refractivity contribution in [3.63, 3.8) is 0 Å². The van der Waals surface area contributed by atoms with Gasteiger partial charge in [-0.1, -0.05) is 12.7 Å². The van der Waals surface area contributed by atoms with Crippen LogP contribution in [0.4, 0.5) is 5.82 Å². The molecule has 1 aromatic heterocycles. The van der Waals surface area contributed by atoms with Crippen LogP contribution in [0, 0.1) is 0 Å². The monoisotopic (exact) mass is 189 g/mol. The molecule has 2 heterocycles. The molecule has 14 heavy (non-hydrogen) atoms. The molecule has 0 unspecified atom stereocenters. The molecule has 1 aromatic rings. The standard InChI is InChI=1S/C11H15N3/c1-2-10-3-4-11(13-9-10)14-7-5-12-6-8-14/h2-4,9,12H,1,5-8H2. The molecule has 2 rings (SSSR count). The number of nitrogens with zero attached hydrogens (tertiary/aromatic N) is 2. The van der Waals surface area contributed by atoms with E-state index in [1.165, 1.54) is 0 Å². The van der Waals surface area contributed by atoms with E-state index in [2.05, 4.69) is 33.9 Å². The number of pyridine rings is 1. The van der Waals surface area contributed by atoms with Crippen molar-refractivity contribution < 1.29 is 0 Å². The maximum absolute atomic E-state index is 4.40. The molecule has 0 saturated carbocycles. The van der Waals surface area contributed by atoms with Crippen LogP contribution in [0.1, 0.15) is 5.56 Å². The molecule has 0 amide bonds. The third-order valence-electron chi connectivity index (χ3n) is 2.45. The average Bonchev–Trinajstić information content (AvgIpc) is 2.30. The quantitative estimate of drug-likeness (QED) is 0.756. The molecule has 0 radical (unpaired) electrons. The van der Waals surface area contributed by atoms with Crippen LogP contribution in [0.5, 0.6) is 0 Å². The van der Waals surface area contributed by atoms with E-state index in [4.69, 9.17) is 0 Å². The lowest BCUT2D eigenvalue weighted by molar-refractivity contribution is 0.585. The lowest BCUT2D eigenvalue weighted by atomic mass is 10.2. The second-order valence-electron chi connectivity index (χ2n) is 3.39. The van der Waals surface area contributed by atoms with E-state index in [9.17, 15) is 0 Å². The second kappa shape index (κ2) is 4.24. The fourth-order valence-corrected chi connectivity index (χ4v) is 1.60. The number of hydrogen-bond acceptors (Lipinski definition) is 3. The van der Waals surface area contributed by atoms with E-state index in [1.807, 2.05) is 12.3 Å². The molecule has 1 saturated heterocycles. The Kier molecular flexibility index (Phi) is 2.79. The largest absolute Gasteiger partial charge is 0.354 e. The van der Waals surface area contributed by atoms with Crippen molar-refractivity contribution in [3.8, 4) is 0 Å². The second-order valence-corrected chi connectivity index (χ2v) is 3.39. The zero-order valence-corrected chi connectivity index (χ0v) is 8.24. The molecule has 1 fully saturated rings. The molecule has 1 aliphatic heterocycles. The Morgan fingerprint density at radius 1 is 1.36 bits per heavy atom.